The van der Waals surface area contributed by atoms with Crippen molar-refractivity contribution >= 4 is 40.2 Å². The van der Waals surface area contributed by atoms with E-state index < -0.39 is 23.8 Å². The molecule has 2 aromatic heterocycles. The third-order valence-corrected chi connectivity index (χ3v) is 2.52. The van der Waals surface area contributed by atoms with Crippen molar-refractivity contribution in [1.29, 1.82) is 0 Å². The van der Waals surface area contributed by atoms with Crippen LogP contribution in [0, 0.1) is 0 Å². The summed E-state index contributed by atoms with van der Waals surface area (Å²) < 4.78 is 3.23. The van der Waals surface area contributed by atoms with Gasteiger partial charge >= 0.3 is 28.7 Å². The Morgan fingerprint density at radius 3 is 2.50 bits per heavy atom. The number of carboxylic acids is 1. The van der Waals surface area contributed by atoms with Gasteiger partial charge in [0.1, 0.15) is 0 Å². The zero-order chi connectivity index (χ0) is 12.7. The number of carboxylic acid groups (broad SMARTS) is 1. The zero-order valence-electron chi connectivity index (χ0n) is 9.91. The Labute approximate surface area is 117 Å². The van der Waals surface area contributed by atoms with E-state index in [2.05, 4.69) is 4.98 Å². The summed E-state index contributed by atoms with van der Waals surface area (Å²) in [7, 11) is 2.78. The molecule has 90 valence electrons. The zero-order valence-corrected chi connectivity index (χ0v) is 11.3. The Morgan fingerprint density at radius 2 is 1.94 bits per heavy atom. The summed E-state index contributed by atoms with van der Waals surface area (Å²) in [5.41, 5.74) is -0.874. The summed E-state index contributed by atoms with van der Waals surface area (Å²) >= 11 is 0. The molecular weight excluding hydrogens is 252 g/mol. The van der Waals surface area contributed by atoms with E-state index in [0.29, 0.717) is 0 Å². The van der Waals surface area contributed by atoms with Crippen molar-refractivity contribution in [3.8, 4) is 0 Å². The molecule has 0 aliphatic rings. The molecule has 9 heteroatoms. The molecule has 8 nitrogen and oxygen atoms in total. The van der Waals surface area contributed by atoms with Gasteiger partial charge in [0.2, 0.25) is 0 Å². The standard InChI is InChI=1S/C9H10N4O4.Mg/c1-11-7-6(8(16)12(2)9(11)17)13(4-10-7)3-5(14)15;/h4H,3H2,1-2H3,(H,14,15);/q;+2/p-1. The van der Waals surface area contributed by atoms with Gasteiger partial charge in [-0.15, -0.1) is 0 Å². The van der Waals surface area contributed by atoms with Gasteiger partial charge in [-0.1, -0.05) is 0 Å². The Hall–Kier alpha value is -1.61. The molecule has 0 aromatic carbocycles. The van der Waals surface area contributed by atoms with Gasteiger partial charge in [0.25, 0.3) is 5.56 Å². The Kier molecular flexibility index (Phi) is 3.97. The van der Waals surface area contributed by atoms with Crippen molar-refractivity contribution in [3.05, 3.63) is 27.2 Å². The molecule has 2 aromatic rings. The number of imidazole rings is 1. The normalized spacial score (nSPS) is 10.3. The molecule has 0 fully saturated rings. The van der Waals surface area contributed by atoms with Crippen LogP contribution >= 0.6 is 0 Å². The summed E-state index contributed by atoms with van der Waals surface area (Å²) in [5, 5.41) is 10.5. The molecule has 18 heavy (non-hydrogen) atoms. The molecule has 0 aliphatic heterocycles. The smallest absolute Gasteiger partial charge is 0.548 e. The van der Waals surface area contributed by atoms with Crippen LogP contribution < -0.4 is 16.4 Å². The first-order valence-electron chi connectivity index (χ1n) is 4.74. The van der Waals surface area contributed by atoms with Crippen molar-refractivity contribution in [2.45, 2.75) is 6.54 Å². The number of aryl methyl sites for hydroxylation is 1. The number of hydrogen-bond acceptors (Lipinski definition) is 5. The fourth-order valence-electron chi connectivity index (χ4n) is 1.66. The van der Waals surface area contributed by atoms with Gasteiger partial charge < -0.3 is 14.5 Å². The van der Waals surface area contributed by atoms with Gasteiger partial charge in [0.05, 0.1) is 18.8 Å². The van der Waals surface area contributed by atoms with Crippen molar-refractivity contribution < 1.29 is 9.90 Å². The Bertz CT molecular complexity index is 726. The predicted octanol–water partition coefficient (Wildman–Crippen LogP) is -3.20. The van der Waals surface area contributed by atoms with Gasteiger partial charge in [0, 0.05) is 14.1 Å². The van der Waals surface area contributed by atoms with Crippen molar-refractivity contribution in [1.82, 2.24) is 18.7 Å². The van der Waals surface area contributed by atoms with Crippen molar-refractivity contribution in [2.75, 3.05) is 0 Å². The topological polar surface area (TPSA) is 102 Å². The van der Waals surface area contributed by atoms with Gasteiger partial charge in [-0.25, -0.2) is 9.78 Å². The number of hydrogen-bond donors (Lipinski definition) is 0. The van der Waals surface area contributed by atoms with Crippen LogP contribution in [0.2, 0.25) is 0 Å². The van der Waals surface area contributed by atoms with E-state index in [1.54, 1.807) is 0 Å². The van der Waals surface area contributed by atoms with E-state index in [0.717, 1.165) is 9.13 Å². The number of nitrogens with zero attached hydrogens (tertiary/aromatic N) is 4. The number of aromatic nitrogens is 4. The minimum Gasteiger partial charge on any atom is -0.548 e. The second-order valence-electron chi connectivity index (χ2n) is 3.62. The molecule has 0 aliphatic carbocycles. The van der Waals surface area contributed by atoms with E-state index in [1.165, 1.54) is 25.0 Å². The van der Waals surface area contributed by atoms with E-state index >= 15 is 0 Å². The first kappa shape index (κ1) is 14.4. The summed E-state index contributed by atoms with van der Waals surface area (Å²) in [6.45, 7) is -0.482. The second-order valence-corrected chi connectivity index (χ2v) is 3.62. The SMILES string of the molecule is Cn1c(=O)c2c(ncn2CC(=O)[O-])n(C)c1=O.[Mg+2]. The van der Waals surface area contributed by atoms with E-state index in [4.69, 9.17) is 0 Å². The third kappa shape index (κ3) is 2.06. The van der Waals surface area contributed by atoms with Crippen LogP contribution in [0.4, 0.5) is 0 Å². The molecule has 2 rings (SSSR count). The van der Waals surface area contributed by atoms with Gasteiger partial charge in [-0.05, 0) is 0 Å². The number of fused-ring (bicyclic) bond motifs is 1. The Morgan fingerprint density at radius 1 is 1.33 bits per heavy atom. The molecule has 0 bridgehead atoms. The van der Waals surface area contributed by atoms with E-state index in [1.807, 2.05) is 0 Å². The second kappa shape index (κ2) is 4.94. The number of carbonyl (C=O) groups excluding carboxylic acids is 1. The van der Waals surface area contributed by atoms with E-state index in [-0.39, 0.29) is 34.2 Å². The largest absolute Gasteiger partial charge is 2.00 e. The van der Waals surface area contributed by atoms with Crippen LogP contribution in [0.25, 0.3) is 11.2 Å². The van der Waals surface area contributed by atoms with Gasteiger partial charge in [-0.3, -0.25) is 13.9 Å². The fourth-order valence-corrected chi connectivity index (χ4v) is 1.66. The number of rotatable bonds is 2. The summed E-state index contributed by atoms with van der Waals surface area (Å²) in [6, 6.07) is 0. The van der Waals surface area contributed by atoms with Crippen LogP contribution in [0.3, 0.4) is 0 Å². The van der Waals surface area contributed by atoms with Crippen LogP contribution in [0.1, 0.15) is 0 Å². The maximum atomic E-state index is 11.8. The average molecular weight is 261 g/mol. The van der Waals surface area contributed by atoms with E-state index in [9.17, 15) is 19.5 Å². The van der Waals surface area contributed by atoms with Crippen molar-refractivity contribution in [2.24, 2.45) is 14.1 Å². The minimum absolute atomic E-state index is 0. The molecular formula is C9H9MgN4O4+. The maximum absolute atomic E-state index is 11.8. The fraction of sp³-hybridized carbons (Fsp3) is 0.333. The average Bonchev–Trinajstić information content (AvgIpc) is 2.66. The van der Waals surface area contributed by atoms with Crippen LogP contribution in [-0.4, -0.2) is 47.7 Å². The molecule has 0 saturated carbocycles. The maximum Gasteiger partial charge on any atom is 2.00 e. The summed E-state index contributed by atoms with van der Waals surface area (Å²) in [4.78, 5) is 37.8. The van der Waals surface area contributed by atoms with Crippen LogP contribution in [0.15, 0.2) is 15.9 Å². The van der Waals surface area contributed by atoms with Crippen LogP contribution in [0.5, 0.6) is 0 Å². The number of carbonyl (C=O) groups is 1. The summed E-state index contributed by atoms with van der Waals surface area (Å²) in [5.74, 6) is -1.33. The van der Waals surface area contributed by atoms with Crippen molar-refractivity contribution in [3.63, 3.8) is 0 Å². The first-order chi connectivity index (χ1) is 7.93. The first-order valence-corrected chi connectivity index (χ1v) is 4.74. The third-order valence-electron chi connectivity index (χ3n) is 2.52. The van der Waals surface area contributed by atoms with Gasteiger partial charge in [0.15, 0.2) is 11.2 Å². The monoisotopic (exact) mass is 261 g/mol. The quantitative estimate of drug-likeness (QED) is 0.530. The molecule has 0 amide bonds. The number of aliphatic carboxylic acids is 1. The van der Waals surface area contributed by atoms with Gasteiger partial charge in [-0.2, -0.15) is 0 Å². The molecule has 2 heterocycles. The molecule has 0 unspecified atom stereocenters. The minimum atomic E-state index is -1.33. The molecule has 0 N–H and O–H groups in total. The molecule has 0 radical (unpaired) electrons. The molecule has 0 saturated heterocycles. The van der Waals surface area contributed by atoms with Crippen LogP contribution in [-0.2, 0) is 25.4 Å². The Balaban J connectivity index is 0.00000162. The predicted molar refractivity (Wildman–Crippen MR) is 61.0 cm³/mol. The summed E-state index contributed by atoms with van der Waals surface area (Å²) in [6.07, 6.45) is 1.20. The molecule has 0 atom stereocenters. The molecule has 0 spiro atoms.